The Morgan fingerprint density at radius 1 is 1.21 bits per heavy atom. The molecule has 0 aromatic carbocycles. The summed E-state index contributed by atoms with van der Waals surface area (Å²) in [6.45, 7) is 4.74. The van der Waals surface area contributed by atoms with Gasteiger partial charge in [0.1, 0.15) is 6.29 Å². The summed E-state index contributed by atoms with van der Waals surface area (Å²) in [5.41, 5.74) is 0. The lowest BCUT2D eigenvalue weighted by atomic mass is 10.0. The molecule has 1 aliphatic rings. The van der Waals surface area contributed by atoms with Gasteiger partial charge in [0.05, 0.1) is 0 Å². The summed E-state index contributed by atoms with van der Waals surface area (Å²) >= 11 is 0. The Bertz CT molecular complexity index is 152. The lowest BCUT2D eigenvalue weighted by molar-refractivity contribution is -0.108. The molecule has 1 aliphatic heterocycles. The largest absolute Gasteiger partial charge is 0.303 e. The second-order valence-electron chi connectivity index (χ2n) is 4.28. The highest BCUT2D eigenvalue weighted by atomic mass is 16.1. The Hall–Kier alpha value is -0.370. The van der Waals surface area contributed by atoms with E-state index in [0.29, 0.717) is 6.04 Å². The van der Waals surface area contributed by atoms with Crippen molar-refractivity contribution in [2.45, 2.75) is 57.9 Å². The minimum absolute atomic E-state index is 0.672. The zero-order valence-electron chi connectivity index (χ0n) is 9.37. The van der Waals surface area contributed by atoms with Crippen molar-refractivity contribution in [3.05, 3.63) is 0 Å². The average Bonchev–Trinajstić information content (AvgIpc) is 2.25. The molecule has 1 atom stereocenters. The maximum absolute atomic E-state index is 10.4. The fourth-order valence-corrected chi connectivity index (χ4v) is 2.39. The van der Waals surface area contributed by atoms with Crippen LogP contribution in [0.2, 0.25) is 0 Å². The number of nitrogens with zero attached hydrogens (tertiary/aromatic N) is 1. The zero-order valence-corrected chi connectivity index (χ0v) is 9.37. The summed E-state index contributed by atoms with van der Waals surface area (Å²) in [5, 5.41) is 0. The van der Waals surface area contributed by atoms with Crippen molar-refractivity contribution in [1.29, 1.82) is 0 Å². The molecule has 1 fully saturated rings. The van der Waals surface area contributed by atoms with E-state index in [1.165, 1.54) is 45.2 Å². The molecule has 1 heterocycles. The van der Waals surface area contributed by atoms with Gasteiger partial charge in [-0.1, -0.05) is 19.8 Å². The van der Waals surface area contributed by atoms with Crippen LogP contribution < -0.4 is 0 Å². The molecule has 1 unspecified atom stereocenters. The molecule has 0 amide bonds. The van der Waals surface area contributed by atoms with Crippen LogP contribution in [-0.4, -0.2) is 30.3 Å². The van der Waals surface area contributed by atoms with Crippen molar-refractivity contribution in [3.8, 4) is 0 Å². The molecule has 1 rings (SSSR count). The number of piperidine rings is 1. The summed E-state index contributed by atoms with van der Waals surface area (Å²) < 4.78 is 0. The monoisotopic (exact) mass is 197 g/mol. The molecule has 14 heavy (non-hydrogen) atoms. The van der Waals surface area contributed by atoms with Crippen LogP contribution in [-0.2, 0) is 4.79 Å². The Labute approximate surface area is 87.7 Å². The summed E-state index contributed by atoms with van der Waals surface area (Å²) in [6, 6.07) is 0.672. The molecule has 0 aromatic heterocycles. The minimum atomic E-state index is 0.672. The SMILES string of the molecule is CCCC(CCC=O)N1CCCCC1. The van der Waals surface area contributed by atoms with Crippen LogP contribution in [0.15, 0.2) is 0 Å². The van der Waals surface area contributed by atoms with Crippen LogP contribution in [0.3, 0.4) is 0 Å². The van der Waals surface area contributed by atoms with E-state index in [0.717, 1.165) is 19.1 Å². The first kappa shape index (κ1) is 11.7. The van der Waals surface area contributed by atoms with Gasteiger partial charge in [-0.05, 0) is 38.8 Å². The van der Waals surface area contributed by atoms with Crippen LogP contribution in [0.4, 0.5) is 0 Å². The fourth-order valence-electron chi connectivity index (χ4n) is 2.39. The summed E-state index contributed by atoms with van der Waals surface area (Å²) in [5.74, 6) is 0. The summed E-state index contributed by atoms with van der Waals surface area (Å²) in [4.78, 5) is 13.0. The Morgan fingerprint density at radius 3 is 2.50 bits per heavy atom. The van der Waals surface area contributed by atoms with Gasteiger partial charge in [-0.2, -0.15) is 0 Å². The molecular weight excluding hydrogens is 174 g/mol. The highest BCUT2D eigenvalue weighted by molar-refractivity contribution is 5.49. The van der Waals surface area contributed by atoms with E-state index in [4.69, 9.17) is 0 Å². The predicted molar refractivity (Wildman–Crippen MR) is 59.4 cm³/mol. The quantitative estimate of drug-likeness (QED) is 0.610. The molecular formula is C12H23NO. The van der Waals surface area contributed by atoms with E-state index in [2.05, 4.69) is 11.8 Å². The standard InChI is InChI=1S/C12H23NO/c1-2-7-12(8-6-11-14)13-9-4-3-5-10-13/h11-12H,2-10H2,1H3. The highest BCUT2D eigenvalue weighted by Crippen LogP contribution is 2.18. The van der Waals surface area contributed by atoms with Gasteiger partial charge in [0.15, 0.2) is 0 Å². The zero-order chi connectivity index (χ0) is 10.2. The molecule has 0 aliphatic carbocycles. The Morgan fingerprint density at radius 2 is 1.93 bits per heavy atom. The van der Waals surface area contributed by atoms with Gasteiger partial charge in [0.2, 0.25) is 0 Å². The second kappa shape index (κ2) is 6.99. The third kappa shape index (κ3) is 3.79. The first-order valence-electron chi connectivity index (χ1n) is 6.06. The number of aldehydes is 1. The van der Waals surface area contributed by atoms with Crippen LogP contribution in [0, 0.1) is 0 Å². The number of likely N-dealkylation sites (tertiary alicyclic amines) is 1. The number of rotatable bonds is 6. The van der Waals surface area contributed by atoms with Crippen molar-refractivity contribution in [3.63, 3.8) is 0 Å². The van der Waals surface area contributed by atoms with Crippen LogP contribution in [0.1, 0.15) is 51.9 Å². The molecule has 1 saturated heterocycles. The van der Waals surface area contributed by atoms with Gasteiger partial charge in [0, 0.05) is 12.5 Å². The van der Waals surface area contributed by atoms with Crippen molar-refractivity contribution < 1.29 is 4.79 Å². The molecule has 0 aromatic rings. The molecule has 0 saturated carbocycles. The molecule has 0 bridgehead atoms. The lowest BCUT2D eigenvalue weighted by Crippen LogP contribution is -2.39. The number of carbonyl (C=O) groups is 1. The van der Waals surface area contributed by atoms with Crippen LogP contribution in [0.5, 0.6) is 0 Å². The first-order chi connectivity index (χ1) is 6.88. The average molecular weight is 197 g/mol. The third-order valence-corrected chi connectivity index (χ3v) is 3.15. The molecule has 2 heteroatoms. The first-order valence-corrected chi connectivity index (χ1v) is 6.06. The van der Waals surface area contributed by atoms with Gasteiger partial charge < -0.3 is 9.69 Å². The van der Waals surface area contributed by atoms with Crippen molar-refractivity contribution in [2.75, 3.05) is 13.1 Å². The molecule has 0 N–H and O–H groups in total. The normalized spacial score (nSPS) is 20.6. The smallest absolute Gasteiger partial charge is 0.120 e. The number of hydrogen-bond acceptors (Lipinski definition) is 2. The van der Waals surface area contributed by atoms with E-state index in [-0.39, 0.29) is 0 Å². The molecule has 0 spiro atoms. The molecule has 82 valence electrons. The van der Waals surface area contributed by atoms with Gasteiger partial charge in [-0.3, -0.25) is 0 Å². The van der Waals surface area contributed by atoms with E-state index in [9.17, 15) is 4.79 Å². The van der Waals surface area contributed by atoms with E-state index in [1.807, 2.05) is 0 Å². The summed E-state index contributed by atoms with van der Waals surface area (Å²) in [7, 11) is 0. The van der Waals surface area contributed by atoms with Crippen LogP contribution in [0.25, 0.3) is 0 Å². The predicted octanol–water partition coefficient (Wildman–Crippen LogP) is 2.62. The number of carbonyl (C=O) groups excluding carboxylic acids is 1. The second-order valence-corrected chi connectivity index (χ2v) is 4.28. The molecule has 2 nitrogen and oxygen atoms in total. The third-order valence-electron chi connectivity index (χ3n) is 3.15. The summed E-state index contributed by atoms with van der Waals surface area (Å²) in [6.07, 6.45) is 9.45. The Kier molecular flexibility index (Phi) is 5.85. The maximum Gasteiger partial charge on any atom is 0.120 e. The maximum atomic E-state index is 10.4. The van der Waals surface area contributed by atoms with Crippen LogP contribution >= 0.6 is 0 Å². The van der Waals surface area contributed by atoms with Crippen molar-refractivity contribution in [1.82, 2.24) is 4.90 Å². The fraction of sp³-hybridized carbons (Fsp3) is 0.917. The van der Waals surface area contributed by atoms with Gasteiger partial charge in [-0.25, -0.2) is 0 Å². The van der Waals surface area contributed by atoms with Crippen molar-refractivity contribution >= 4 is 6.29 Å². The van der Waals surface area contributed by atoms with Gasteiger partial charge in [-0.15, -0.1) is 0 Å². The van der Waals surface area contributed by atoms with Crippen molar-refractivity contribution in [2.24, 2.45) is 0 Å². The Balaban J connectivity index is 2.33. The van der Waals surface area contributed by atoms with E-state index in [1.54, 1.807) is 0 Å². The van der Waals surface area contributed by atoms with E-state index < -0.39 is 0 Å². The lowest BCUT2D eigenvalue weighted by Gasteiger charge is -2.34. The topological polar surface area (TPSA) is 20.3 Å². The minimum Gasteiger partial charge on any atom is -0.303 e. The van der Waals surface area contributed by atoms with E-state index >= 15 is 0 Å². The van der Waals surface area contributed by atoms with Gasteiger partial charge in [0.25, 0.3) is 0 Å². The highest BCUT2D eigenvalue weighted by Gasteiger charge is 2.18. The van der Waals surface area contributed by atoms with Gasteiger partial charge >= 0.3 is 0 Å². The molecule has 0 radical (unpaired) electrons. The number of hydrogen-bond donors (Lipinski definition) is 0.